The zero-order chi connectivity index (χ0) is 14.2. The van der Waals surface area contributed by atoms with Crippen molar-refractivity contribution in [2.75, 3.05) is 0 Å². The zero-order valence-corrected chi connectivity index (χ0v) is 11.6. The minimum Gasteiger partial charge on any atom is -0.853 e. The summed E-state index contributed by atoms with van der Waals surface area (Å²) in [6, 6.07) is 20.1. The Hall–Kier alpha value is -2.42. The van der Waals surface area contributed by atoms with E-state index in [4.69, 9.17) is 0 Å². The van der Waals surface area contributed by atoms with Crippen molar-refractivity contribution in [3.05, 3.63) is 71.8 Å². The van der Waals surface area contributed by atoms with Crippen LogP contribution in [0.5, 0.6) is 0 Å². The van der Waals surface area contributed by atoms with Gasteiger partial charge in [0.05, 0.1) is 0 Å². The maximum atomic E-state index is 11.7. The molecule has 0 unspecified atom stereocenters. The highest BCUT2D eigenvalue weighted by Gasteiger charge is 2.45. The lowest BCUT2D eigenvalue weighted by Gasteiger charge is -2.32. The first kappa shape index (κ1) is 12.6. The molecule has 0 saturated heterocycles. The highest BCUT2D eigenvalue weighted by molar-refractivity contribution is 6.10. The predicted molar refractivity (Wildman–Crippen MR) is 77.9 cm³/mol. The fourth-order valence-electron chi connectivity index (χ4n) is 2.32. The Kier molecular flexibility index (Phi) is 2.90. The van der Waals surface area contributed by atoms with Crippen molar-refractivity contribution in [3.8, 4) is 0 Å². The Morgan fingerprint density at radius 1 is 0.900 bits per heavy atom. The second-order valence-corrected chi connectivity index (χ2v) is 5.36. The average Bonchev–Trinajstić information content (AvgIpc) is 2.49. The van der Waals surface area contributed by atoms with Gasteiger partial charge in [-0.15, -0.1) is 0 Å². The molecule has 0 bridgehead atoms. The molecule has 3 rings (SSSR count). The number of benzene rings is 2. The minimum absolute atomic E-state index is 0.0816. The van der Waals surface area contributed by atoms with Crippen molar-refractivity contribution in [2.45, 2.75) is 19.4 Å². The summed E-state index contributed by atoms with van der Waals surface area (Å²) in [6.07, 6.45) is 0. The van der Waals surface area contributed by atoms with Crippen LogP contribution in [0.25, 0.3) is 0 Å². The van der Waals surface area contributed by atoms with Crippen LogP contribution in [0.2, 0.25) is 0 Å². The van der Waals surface area contributed by atoms with Crippen LogP contribution in [0, 0.1) is 0 Å². The van der Waals surface area contributed by atoms with Crippen LogP contribution >= 0.6 is 0 Å². The van der Waals surface area contributed by atoms with Gasteiger partial charge in [-0.25, -0.2) is 0 Å². The Labute approximate surface area is 118 Å². The molecule has 0 saturated carbocycles. The van der Waals surface area contributed by atoms with Crippen LogP contribution in [0.15, 0.2) is 65.8 Å². The molecule has 3 heteroatoms. The first-order chi connectivity index (χ1) is 9.60. The van der Waals surface area contributed by atoms with Gasteiger partial charge in [-0.3, -0.25) is 0 Å². The first-order valence-electron chi connectivity index (χ1n) is 6.65. The third kappa shape index (κ3) is 1.92. The van der Waals surface area contributed by atoms with E-state index in [1.54, 1.807) is 0 Å². The Bertz CT molecular complexity index is 644. The largest absolute Gasteiger partial charge is 0.853 e. The Balaban J connectivity index is 2.25. The van der Waals surface area contributed by atoms with Crippen molar-refractivity contribution in [2.24, 2.45) is 5.10 Å². The molecular weight excluding hydrogens is 248 g/mol. The highest BCUT2D eigenvalue weighted by atomic mass is 16.3. The first-order valence-corrected chi connectivity index (χ1v) is 6.65. The standard InChI is InChI=1S/C17H16N2O/c1-17(2)16(20)18-19(17)15(13-9-5-3-6-10-13)14-11-7-4-8-12-14/h3-12H,1-2H3. The fraction of sp³-hybridized carbons (Fsp3) is 0.176. The van der Waals surface area contributed by atoms with Gasteiger partial charge in [-0.1, -0.05) is 41.1 Å². The normalized spacial score (nSPS) is 16.3. The van der Waals surface area contributed by atoms with E-state index in [1.165, 1.54) is 0 Å². The summed E-state index contributed by atoms with van der Waals surface area (Å²) in [4.78, 5) is 0. The van der Waals surface area contributed by atoms with E-state index in [2.05, 4.69) is 5.10 Å². The zero-order valence-electron chi connectivity index (χ0n) is 11.6. The maximum absolute atomic E-state index is 11.7. The van der Waals surface area contributed by atoms with E-state index in [9.17, 15) is 5.11 Å². The summed E-state index contributed by atoms with van der Waals surface area (Å²) in [5.74, 6) is -0.0816. The number of nitrogens with zero attached hydrogens (tertiary/aromatic N) is 2. The molecule has 0 radical (unpaired) electrons. The smallest absolute Gasteiger partial charge is 0.247 e. The van der Waals surface area contributed by atoms with Gasteiger partial charge >= 0.3 is 0 Å². The number of hydrogen-bond donors (Lipinski definition) is 0. The molecule has 0 N–H and O–H groups in total. The average molecular weight is 264 g/mol. The summed E-state index contributed by atoms with van der Waals surface area (Å²) in [7, 11) is 0. The quantitative estimate of drug-likeness (QED) is 0.765. The van der Waals surface area contributed by atoms with Crippen LogP contribution in [0.3, 0.4) is 0 Å². The molecule has 1 heterocycles. The summed E-state index contributed by atoms with van der Waals surface area (Å²) in [5.41, 5.74) is 2.50. The lowest BCUT2D eigenvalue weighted by atomic mass is 9.97. The molecule has 100 valence electrons. The Morgan fingerprint density at radius 3 is 1.70 bits per heavy atom. The van der Waals surface area contributed by atoms with Gasteiger partial charge in [-0.2, -0.15) is 0 Å². The molecule has 20 heavy (non-hydrogen) atoms. The molecule has 1 aliphatic rings. The number of hydrogen-bond acceptors (Lipinski definition) is 2. The van der Waals surface area contributed by atoms with Crippen LogP contribution in [-0.4, -0.2) is 21.8 Å². The second kappa shape index (κ2) is 4.60. The topological polar surface area (TPSA) is 38.4 Å². The lowest BCUT2D eigenvalue weighted by molar-refractivity contribution is -0.632. The SMILES string of the molecule is CC1(C)C([O-])=N[N+]1=C(c1ccccc1)c1ccccc1. The van der Waals surface area contributed by atoms with Crippen LogP contribution in [-0.2, 0) is 0 Å². The third-order valence-corrected chi connectivity index (χ3v) is 3.55. The lowest BCUT2D eigenvalue weighted by Crippen LogP contribution is -2.59. The Morgan fingerprint density at radius 2 is 1.35 bits per heavy atom. The van der Waals surface area contributed by atoms with Crippen molar-refractivity contribution >= 4 is 11.6 Å². The van der Waals surface area contributed by atoms with Crippen LogP contribution in [0.4, 0.5) is 0 Å². The molecule has 0 atom stereocenters. The molecule has 0 fully saturated rings. The van der Waals surface area contributed by atoms with Gasteiger partial charge in [0.1, 0.15) is 5.90 Å². The maximum Gasteiger partial charge on any atom is 0.247 e. The van der Waals surface area contributed by atoms with Gasteiger partial charge in [0.25, 0.3) is 0 Å². The van der Waals surface area contributed by atoms with Crippen molar-refractivity contribution in [1.29, 1.82) is 0 Å². The molecular formula is C17H16N2O. The molecule has 1 aliphatic heterocycles. The molecule has 0 amide bonds. The van der Waals surface area contributed by atoms with Gasteiger partial charge in [0, 0.05) is 25.0 Å². The van der Waals surface area contributed by atoms with E-state index in [-0.39, 0.29) is 5.90 Å². The molecule has 0 aliphatic carbocycles. The van der Waals surface area contributed by atoms with Gasteiger partial charge in [0.15, 0.2) is 0 Å². The molecule has 3 nitrogen and oxygen atoms in total. The summed E-state index contributed by atoms with van der Waals surface area (Å²) < 4.78 is 1.82. The van der Waals surface area contributed by atoms with E-state index in [0.29, 0.717) is 0 Å². The molecule has 2 aromatic carbocycles. The van der Waals surface area contributed by atoms with E-state index < -0.39 is 5.54 Å². The third-order valence-electron chi connectivity index (χ3n) is 3.55. The van der Waals surface area contributed by atoms with Crippen LogP contribution < -0.4 is 5.11 Å². The van der Waals surface area contributed by atoms with Crippen LogP contribution in [0.1, 0.15) is 25.0 Å². The minimum atomic E-state index is -0.582. The summed E-state index contributed by atoms with van der Waals surface area (Å²) in [5, 5.41) is 15.8. The van der Waals surface area contributed by atoms with Gasteiger partial charge in [-0.05, 0) is 29.4 Å². The molecule has 0 spiro atoms. The number of hydrazone groups is 1. The van der Waals surface area contributed by atoms with Crippen molar-refractivity contribution < 1.29 is 9.79 Å². The van der Waals surface area contributed by atoms with Crippen molar-refractivity contribution in [3.63, 3.8) is 0 Å². The highest BCUT2D eigenvalue weighted by Crippen LogP contribution is 2.23. The van der Waals surface area contributed by atoms with Gasteiger partial charge in [0.2, 0.25) is 11.3 Å². The van der Waals surface area contributed by atoms with E-state index in [0.717, 1.165) is 16.8 Å². The summed E-state index contributed by atoms with van der Waals surface area (Å²) in [6.45, 7) is 3.79. The van der Waals surface area contributed by atoms with Crippen molar-refractivity contribution in [1.82, 2.24) is 0 Å². The summed E-state index contributed by atoms with van der Waals surface area (Å²) >= 11 is 0. The fourth-order valence-corrected chi connectivity index (χ4v) is 2.32. The van der Waals surface area contributed by atoms with E-state index >= 15 is 0 Å². The number of rotatable bonds is 2. The van der Waals surface area contributed by atoms with Gasteiger partial charge < -0.3 is 5.11 Å². The predicted octanol–water partition coefficient (Wildman–Crippen LogP) is 2.00. The second-order valence-electron chi connectivity index (χ2n) is 5.36. The molecule has 0 aromatic heterocycles. The van der Waals surface area contributed by atoms with E-state index in [1.807, 2.05) is 79.2 Å². The molecule has 2 aromatic rings. The monoisotopic (exact) mass is 264 g/mol.